The monoisotopic (exact) mass is 390 g/mol. The van der Waals surface area contributed by atoms with Crippen LogP contribution in [0.25, 0.3) is 0 Å². The lowest BCUT2D eigenvalue weighted by molar-refractivity contribution is 0.317. The van der Waals surface area contributed by atoms with Crippen LogP contribution in [0.3, 0.4) is 0 Å². The van der Waals surface area contributed by atoms with Gasteiger partial charge in [0.05, 0.1) is 0 Å². The second kappa shape index (κ2) is 7.88. The average Bonchev–Trinajstić information content (AvgIpc) is 2.68. The van der Waals surface area contributed by atoms with E-state index in [0.29, 0.717) is 24.8 Å². The molecule has 1 unspecified atom stereocenters. The second-order valence-corrected chi connectivity index (χ2v) is 8.50. The van der Waals surface area contributed by atoms with Gasteiger partial charge in [0.1, 0.15) is 11.6 Å². The smallest absolute Gasteiger partial charge is 0.159 e. The fourth-order valence-corrected chi connectivity index (χ4v) is 5.13. The summed E-state index contributed by atoms with van der Waals surface area (Å²) >= 11 is 0. The van der Waals surface area contributed by atoms with Gasteiger partial charge in [-0.2, -0.15) is 0 Å². The molecule has 4 rings (SSSR count). The Kier molecular flexibility index (Phi) is 5.48. The van der Waals surface area contributed by atoms with Crippen molar-refractivity contribution in [2.75, 3.05) is 0 Å². The fourth-order valence-electron chi connectivity index (χ4n) is 5.13. The van der Waals surface area contributed by atoms with Gasteiger partial charge in [0, 0.05) is 5.56 Å². The summed E-state index contributed by atoms with van der Waals surface area (Å²) in [6.07, 6.45) is 6.74. The van der Waals surface area contributed by atoms with Gasteiger partial charge in [-0.05, 0) is 104 Å². The van der Waals surface area contributed by atoms with Crippen molar-refractivity contribution >= 4 is 0 Å². The number of aryl methyl sites for hydroxylation is 1. The quantitative estimate of drug-likeness (QED) is 0.486. The van der Waals surface area contributed by atoms with E-state index in [0.717, 1.165) is 42.7 Å². The van der Waals surface area contributed by atoms with Crippen LogP contribution in [0.5, 0.6) is 0 Å². The van der Waals surface area contributed by atoms with E-state index in [-0.39, 0.29) is 17.4 Å². The standard InChI is InChI=1S/C24H26F4/c1-2-14-3-5-15(6-4-14)19-12-22(27)24(23(28)13-19)17-8-7-16-10-20(25)21(26)11-18(16)9-17/h10-15,17H,2-9H2,1H3. The lowest BCUT2D eigenvalue weighted by Crippen LogP contribution is -2.17. The highest BCUT2D eigenvalue weighted by Crippen LogP contribution is 2.40. The predicted molar refractivity (Wildman–Crippen MR) is 102 cm³/mol. The number of benzene rings is 2. The van der Waals surface area contributed by atoms with Gasteiger partial charge in [0.15, 0.2) is 11.6 Å². The van der Waals surface area contributed by atoms with Crippen LogP contribution in [0.1, 0.15) is 79.5 Å². The van der Waals surface area contributed by atoms with Crippen molar-refractivity contribution in [3.63, 3.8) is 0 Å². The molecule has 28 heavy (non-hydrogen) atoms. The summed E-state index contributed by atoms with van der Waals surface area (Å²) in [5.74, 6) is -2.15. The summed E-state index contributed by atoms with van der Waals surface area (Å²) in [4.78, 5) is 0. The maximum absolute atomic E-state index is 14.9. The van der Waals surface area contributed by atoms with E-state index in [9.17, 15) is 17.6 Å². The van der Waals surface area contributed by atoms with Crippen LogP contribution in [0.4, 0.5) is 17.6 Å². The van der Waals surface area contributed by atoms with Gasteiger partial charge >= 0.3 is 0 Å². The zero-order valence-corrected chi connectivity index (χ0v) is 16.2. The minimum Gasteiger partial charge on any atom is -0.207 e. The van der Waals surface area contributed by atoms with Crippen molar-refractivity contribution in [2.45, 2.75) is 70.1 Å². The van der Waals surface area contributed by atoms with Crippen molar-refractivity contribution in [3.8, 4) is 0 Å². The zero-order valence-electron chi connectivity index (χ0n) is 16.2. The Bertz CT molecular complexity index is 842. The summed E-state index contributed by atoms with van der Waals surface area (Å²) in [6, 6.07) is 5.41. The number of halogens is 4. The predicted octanol–water partition coefficient (Wildman–Crippen LogP) is 7.20. The Labute approximate surface area is 164 Å². The Morgan fingerprint density at radius 2 is 1.32 bits per heavy atom. The van der Waals surface area contributed by atoms with Crippen LogP contribution >= 0.6 is 0 Å². The molecule has 1 saturated carbocycles. The molecule has 1 atom stereocenters. The van der Waals surface area contributed by atoms with Crippen molar-refractivity contribution in [2.24, 2.45) is 5.92 Å². The van der Waals surface area contributed by atoms with Gasteiger partial charge in [-0.1, -0.05) is 13.3 Å². The molecule has 0 heterocycles. The van der Waals surface area contributed by atoms with E-state index in [2.05, 4.69) is 6.92 Å². The van der Waals surface area contributed by atoms with Gasteiger partial charge in [0.2, 0.25) is 0 Å². The molecule has 0 aromatic heterocycles. The molecule has 150 valence electrons. The Hall–Kier alpha value is -1.84. The van der Waals surface area contributed by atoms with Crippen LogP contribution in [0, 0.1) is 29.2 Å². The molecule has 2 aromatic rings. The molecule has 2 aliphatic carbocycles. The van der Waals surface area contributed by atoms with Crippen molar-refractivity contribution < 1.29 is 17.6 Å². The fraction of sp³-hybridized carbons (Fsp3) is 0.500. The van der Waals surface area contributed by atoms with Crippen LogP contribution in [0.15, 0.2) is 24.3 Å². The SMILES string of the molecule is CCC1CCC(c2cc(F)c(C3CCc4cc(F)c(F)cc4C3)c(F)c2)CC1. The van der Waals surface area contributed by atoms with E-state index < -0.39 is 23.3 Å². The van der Waals surface area contributed by atoms with Crippen LogP contribution in [0.2, 0.25) is 0 Å². The van der Waals surface area contributed by atoms with E-state index in [1.807, 2.05) is 0 Å². The molecular weight excluding hydrogens is 364 g/mol. The molecule has 1 fully saturated rings. The summed E-state index contributed by atoms with van der Waals surface area (Å²) in [6.45, 7) is 2.20. The molecule has 0 saturated heterocycles. The van der Waals surface area contributed by atoms with Crippen molar-refractivity contribution in [1.82, 2.24) is 0 Å². The first-order valence-electron chi connectivity index (χ1n) is 10.4. The van der Waals surface area contributed by atoms with Gasteiger partial charge in [0.25, 0.3) is 0 Å². The first kappa shape index (κ1) is 19.5. The molecule has 0 spiro atoms. The summed E-state index contributed by atoms with van der Waals surface area (Å²) < 4.78 is 56.9. The lowest BCUT2D eigenvalue weighted by Gasteiger charge is -2.29. The molecule has 2 aliphatic rings. The Morgan fingerprint density at radius 3 is 1.93 bits per heavy atom. The van der Waals surface area contributed by atoms with E-state index >= 15 is 0 Å². The second-order valence-electron chi connectivity index (χ2n) is 8.50. The highest BCUT2D eigenvalue weighted by Gasteiger charge is 2.29. The lowest BCUT2D eigenvalue weighted by atomic mass is 9.76. The van der Waals surface area contributed by atoms with E-state index in [4.69, 9.17) is 0 Å². The molecule has 0 aliphatic heterocycles. The molecular formula is C24H26F4. The molecule has 0 N–H and O–H groups in total. The molecule has 4 heteroatoms. The largest absolute Gasteiger partial charge is 0.207 e. The van der Waals surface area contributed by atoms with Crippen LogP contribution in [-0.4, -0.2) is 0 Å². The third-order valence-electron chi connectivity index (χ3n) is 6.88. The third kappa shape index (κ3) is 3.70. The maximum atomic E-state index is 14.9. The van der Waals surface area contributed by atoms with Gasteiger partial charge in [-0.3, -0.25) is 0 Å². The van der Waals surface area contributed by atoms with Crippen molar-refractivity contribution in [1.29, 1.82) is 0 Å². The van der Waals surface area contributed by atoms with Gasteiger partial charge in [-0.25, -0.2) is 17.6 Å². The van der Waals surface area contributed by atoms with E-state index in [1.165, 1.54) is 30.7 Å². The number of hydrogen-bond acceptors (Lipinski definition) is 0. The molecule has 0 bridgehead atoms. The minimum atomic E-state index is -0.904. The Morgan fingerprint density at radius 1 is 0.714 bits per heavy atom. The van der Waals surface area contributed by atoms with Gasteiger partial charge in [-0.15, -0.1) is 0 Å². The number of fused-ring (bicyclic) bond motifs is 1. The first-order chi connectivity index (χ1) is 13.5. The molecule has 0 radical (unpaired) electrons. The highest BCUT2D eigenvalue weighted by atomic mass is 19.2. The summed E-state index contributed by atoms with van der Waals surface area (Å²) in [5, 5.41) is 0. The van der Waals surface area contributed by atoms with Crippen LogP contribution < -0.4 is 0 Å². The minimum absolute atomic E-state index is 0.0985. The van der Waals surface area contributed by atoms with Gasteiger partial charge < -0.3 is 0 Å². The molecule has 0 amide bonds. The average molecular weight is 390 g/mol. The summed E-state index contributed by atoms with van der Waals surface area (Å²) in [7, 11) is 0. The first-order valence-corrected chi connectivity index (χ1v) is 10.4. The third-order valence-corrected chi connectivity index (χ3v) is 6.88. The summed E-state index contributed by atoms with van der Waals surface area (Å²) in [5.41, 5.74) is 2.25. The zero-order chi connectivity index (χ0) is 19.8. The molecule has 2 aromatic carbocycles. The highest BCUT2D eigenvalue weighted by molar-refractivity contribution is 5.37. The molecule has 0 nitrogen and oxygen atoms in total. The van der Waals surface area contributed by atoms with E-state index in [1.54, 1.807) is 0 Å². The van der Waals surface area contributed by atoms with Crippen LogP contribution in [-0.2, 0) is 12.8 Å². The number of hydrogen-bond donors (Lipinski definition) is 0. The van der Waals surface area contributed by atoms with Crippen molar-refractivity contribution in [3.05, 3.63) is 69.8 Å². The normalized spacial score (nSPS) is 24.8. The topological polar surface area (TPSA) is 0 Å². The Balaban J connectivity index is 1.56. The number of rotatable bonds is 3. The maximum Gasteiger partial charge on any atom is 0.159 e.